The Morgan fingerprint density at radius 1 is 1.21 bits per heavy atom. The molecule has 3 heterocycles. The molecule has 10 heteroatoms. The molecule has 0 spiro atoms. The minimum atomic E-state index is -4.59. The Kier molecular flexibility index (Phi) is 4.79. The highest BCUT2D eigenvalue weighted by molar-refractivity contribution is 7.13. The SMILES string of the molecule is O=C(NCc1cc(C(F)(F)F)ccc1F)c1csc(-c2cnc3cnccn23)c1. The fraction of sp³-hybridized carbons (Fsp3) is 0.105. The van der Waals surface area contributed by atoms with E-state index in [0.29, 0.717) is 23.3 Å². The van der Waals surface area contributed by atoms with E-state index in [-0.39, 0.29) is 12.1 Å². The molecule has 0 unspecified atom stereocenters. The van der Waals surface area contributed by atoms with Gasteiger partial charge in [-0.15, -0.1) is 11.3 Å². The second-order valence-electron chi connectivity index (χ2n) is 6.13. The van der Waals surface area contributed by atoms with Gasteiger partial charge in [-0.1, -0.05) is 0 Å². The summed E-state index contributed by atoms with van der Waals surface area (Å²) in [6.45, 7) is -0.360. The maximum Gasteiger partial charge on any atom is 0.416 e. The number of carbonyl (C=O) groups is 1. The van der Waals surface area contributed by atoms with Gasteiger partial charge in [-0.3, -0.25) is 14.2 Å². The van der Waals surface area contributed by atoms with Crippen LogP contribution in [0.4, 0.5) is 17.6 Å². The Labute approximate surface area is 165 Å². The normalized spacial score (nSPS) is 11.7. The van der Waals surface area contributed by atoms with Crippen LogP contribution >= 0.6 is 11.3 Å². The molecular weight excluding hydrogens is 408 g/mol. The monoisotopic (exact) mass is 420 g/mol. The summed E-state index contributed by atoms with van der Waals surface area (Å²) in [5.41, 5.74) is 0.541. The number of rotatable bonds is 4. The van der Waals surface area contributed by atoms with E-state index in [1.54, 1.807) is 36.2 Å². The minimum absolute atomic E-state index is 0.238. The molecule has 5 nitrogen and oxygen atoms in total. The Bertz CT molecular complexity index is 1200. The van der Waals surface area contributed by atoms with E-state index in [1.165, 1.54) is 11.3 Å². The van der Waals surface area contributed by atoms with E-state index in [9.17, 15) is 22.4 Å². The van der Waals surface area contributed by atoms with Crippen molar-refractivity contribution in [3.63, 3.8) is 0 Å². The largest absolute Gasteiger partial charge is 0.416 e. The van der Waals surface area contributed by atoms with Crippen LogP contribution in [0, 0.1) is 5.82 Å². The smallest absolute Gasteiger partial charge is 0.348 e. The third-order valence-corrected chi connectivity index (χ3v) is 5.20. The highest BCUT2D eigenvalue weighted by Crippen LogP contribution is 2.30. The van der Waals surface area contributed by atoms with Crippen LogP contribution in [0.5, 0.6) is 0 Å². The lowest BCUT2D eigenvalue weighted by molar-refractivity contribution is -0.137. The molecule has 148 valence electrons. The lowest BCUT2D eigenvalue weighted by Gasteiger charge is -2.10. The number of alkyl halides is 3. The molecular formula is C19H12F4N4OS. The average molecular weight is 420 g/mol. The van der Waals surface area contributed by atoms with E-state index in [1.807, 2.05) is 4.40 Å². The third kappa shape index (κ3) is 3.83. The van der Waals surface area contributed by atoms with Crippen LogP contribution in [0.3, 0.4) is 0 Å². The first-order valence-corrected chi connectivity index (χ1v) is 9.20. The summed E-state index contributed by atoms with van der Waals surface area (Å²) in [5, 5.41) is 4.08. The van der Waals surface area contributed by atoms with Crippen molar-refractivity contribution in [1.82, 2.24) is 19.7 Å². The molecule has 29 heavy (non-hydrogen) atoms. The van der Waals surface area contributed by atoms with Gasteiger partial charge in [0, 0.05) is 29.9 Å². The number of amides is 1. The number of nitrogens with zero attached hydrogens (tertiary/aromatic N) is 3. The fourth-order valence-corrected chi connectivity index (χ4v) is 3.67. The number of benzene rings is 1. The molecule has 1 aromatic carbocycles. The van der Waals surface area contributed by atoms with Gasteiger partial charge >= 0.3 is 6.18 Å². The Morgan fingerprint density at radius 2 is 2.03 bits per heavy atom. The first-order valence-electron chi connectivity index (χ1n) is 8.33. The van der Waals surface area contributed by atoms with Gasteiger partial charge in [0.1, 0.15) is 5.82 Å². The second-order valence-corrected chi connectivity index (χ2v) is 7.05. The third-order valence-electron chi connectivity index (χ3n) is 4.24. The number of hydrogen-bond donors (Lipinski definition) is 1. The summed E-state index contributed by atoms with van der Waals surface area (Å²) in [5.74, 6) is -1.33. The number of halogens is 4. The number of imidazole rings is 1. The molecule has 0 aliphatic rings. The van der Waals surface area contributed by atoms with Crippen molar-refractivity contribution in [3.05, 3.63) is 76.9 Å². The van der Waals surface area contributed by atoms with Crippen molar-refractivity contribution in [2.24, 2.45) is 0 Å². The molecule has 1 N–H and O–H groups in total. The van der Waals surface area contributed by atoms with Crippen LogP contribution in [-0.4, -0.2) is 20.3 Å². The van der Waals surface area contributed by atoms with E-state index < -0.39 is 23.5 Å². The van der Waals surface area contributed by atoms with Gasteiger partial charge in [-0.2, -0.15) is 13.2 Å². The Morgan fingerprint density at radius 3 is 2.83 bits per heavy atom. The summed E-state index contributed by atoms with van der Waals surface area (Å²) in [4.78, 5) is 21.4. The number of hydrogen-bond acceptors (Lipinski definition) is 4. The molecule has 0 aliphatic carbocycles. The summed E-state index contributed by atoms with van der Waals surface area (Å²) in [7, 11) is 0. The van der Waals surface area contributed by atoms with Crippen molar-refractivity contribution in [1.29, 1.82) is 0 Å². The topological polar surface area (TPSA) is 59.3 Å². The number of fused-ring (bicyclic) bond motifs is 1. The molecule has 0 aliphatic heterocycles. The van der Waals surface area contributed by atoms with Gasteiger partial charge in [0.15, 0.2) is 5.65 Å². The fourth-order valence-electron chi connectivity index (χ4n) is 2.78. The maximum atomic E-state index is 13.8. The van der Waals surface area contributed by atoms with Gasteiger partial charge in [0.05, 0.1) is 34.1 Å². The summed E-state index contributed by atoms with van der Waals surface area (Å²) in [6.07, 6.45) is 2.03. The van der Waals surface area contributed by atoms with Crippen LogP contribution in [0.1, 0.15) is 21.5 Å². The molecule has 0 bridgehead atoms. The molecule has 0 saturated heterocycles. The Hall–Kier alpha value is -3.27. The summed E-state index contributed by atoms with van der Waals surface area (Å²) < 4.78 is 54.0. The standard InChI is InChI=1S/C19H12F4N4OS/c20-14-2-1-13(19(21,22)23)5-11(14)7-26-18(28)12-6-16(29-10-12)15-8-25-17-9-24-3-4-27(15)17/h1-6,8-10H,7H2,(H,26,28). The van der Waals surface area contributed by atoms with E-state index >= 15 is 0 Å². The van der Waals surface area contributed by atoms with Crippen molar-refractivity contribution in [2.75, 3.05) is 0 Å². The van der Waals surface area contributed by atoms with Crippen LogP contribution in [0.2, 0.25) is 0 Å². The molecule has 3 aromatic heterocycles. The van der Waals surface area contributed by atoms with E-state index in [2.05, 4.69) is 15.3 Å². The van der Waals surface area contributed by atoms with Crippen molar-refractivity contribution < 1.29 is 22.4 Å². The van der Waals surface area contributed by atoms with Crippen LogP contribution in [0.25, 0.3) is 16.2 Å². The van der Waals surface area contributed by atoms with Crippen molar-refractivity contribution >= 4 is 22.9 Å². The molecule has 0 radical (unpaired) electrons. The first-order chi connectivity index (χ1) is 13.8. The molecule has 0 fully saturated rings. The highest BCUT2D eigenvalue weighted by atomic mass is 32.1. The lowest BCUT2D eigenvalue weighted by atomic mass is 10.1. The Balaban J connectivity index is 1.51. The van der Waals surface area contributed by atoms with Gasteiger partial charge < -0.3 is 5.32 Å². The van der Waals surface area contributed by atoms with Crippen LogP contribution < -0.4 is 5.32 Å². The molecule has 0 saturated carbocycles. The lowest BCUT2D eigenvalue weighted by Crippen LogP contribution is -2.23. The van der Waals surface area contributed by atoms with Crippen LogP contribution in [0.15, 0.2) is 54.4 Å². The van der Waals surface area contributed by atoms with Gasteiger partial charge in [-0.05, 0) is 24.3 Å². The van der Waals surface area contributed by atoms with Gasteiger partial charge in [0.25, 0.3) is 5.91 Å². The number of carbonyl (C=O) groups excluding carboxylic acids is 1. The minimum Gasteiger partial charge on any atom is -0.348 e. The van der Waals surface area contributed by atoms with Crippen molar-refractivity contribution in [2.45, 2.75) is 12.7 Å². The molecule has 1 amide bonds. The molecule has 4 rings (SSSR count). The molecule has 0 atom stereocenters. The second kappa shape index (κ2) is 7.28. The predicted molar refractivity (Wildman–Crippen MR) is 98.9 cm³/mol. The highest BCUT2D eigenvalue weighted by Gasteiger charge is 2.31. The van der Waals surface area contributed by atoms with Gasteiger partial charge in [-0.25, -0.2) is 9.37 Å². The van der Waals surface area contributed by atoms with E-state index in [0.717, 1.165) is 16.6 Å². The van der Waals surface area contributed by atoms with Crippen molar-refractivity contribution in [3.8, 4) is 10.6 Å². The quantitative estimate of drug-likeness (QED) is 0.493. The maximum absolute atomic E-state index is 13.8. The molecule has 4 aromatic rings. The zero-order valence-electron chi connectivity index (χ0n) is 14.6. The zero-order valence-corrected chi connectivity index (χ0v) is 15.4. The predicted octanol–water partition coefficient (Wildman–Crippen LogP) is 4.55. The summed E-state index contributed by atoms with van der Waals surface area (Å²) >= 11 is 1.32. The van der Waals surface area contributed by atoms with E-state index in [4.69, 9.17) is 0 Å². The zero-order chi connectivity index (χ0) is 20.6. The summed E-state index contributed by atoms with van der Waals surface area (Å²) in [6, 6.07) is 3.75. The van der Waals surface area contributed by atoms with Crippen LogP contribution in [-0.2, 0) is 12.7 Å². The first kappa shape index (κ1) is 19.1. The number of aromatic nitrogens is 3. The number of thiophene rings is 1. The van der Waals surface area contributed by atoms with Gasteiger partial charge in [0.2, 0.25) is 0 Å². The number of nitrogens with one attached hydrogen (secondary N) is 1. The average Bonchev–Trinajstić information content (AvgIpc) is 3.33.